The van der Waals surface area contributed by atoms with Crippen LogP contribution >= 0.6 is 0 Å². The number of amides is 1. The van der Waals surface area contributed by atoms with E-state index in [1.807, 2.05) is 45.0 Å². The fourth-order valence-corrected chi connectivity index (χ4v) is 4.61. The van der Waals surface area contributed by atoms with Crippen molar-refractivity contribution in [1.29, 1.82) is 0 Å². The molecule has 4 aromatic rings. The molecule has 4 rings (SSSR count). The number of hydrogen-bond acceptors (Lipinski definition) is 2. The van der Waals surface area contributed by atoms with Crippen molar-refractivity contribution in [2.45, 2.75) is 47.2 Å². The van der Waals surface area contributed by atoms with E-state index in [2.05, 4.69) is 59.0 Å². The molecular weight excluding hydrogens is 398 g/mol. The van der Waals surface area contributed by atoms with Gasteiger partial charge in [0.05, 0.1) is 11.6 Å². The number of benzene rings is 2. The monoisotopic (exact) mass is 427 g/mol. The molecule has 0 aliphatic carbocycles. The molecular formula is C27H29N3O2. The molecule has 2 aromatic carbocycles. The first-order valence-corrected chi connectivity index (χ1v) is 10.9. The van der Waals surface area contributed by atoms with Crippen LogP contribution in [0.15, 0.2) is 59.4 Å². The number of aryl methyl sites for hydroxylation is 3. The molecule has 2 heterocycles. The number of carbonyl (C=O) groups is 1. The highest BCUT2D eigenvalue weighted by atomic mass is 16.2. The fourth-order valence-electron chi connectivity index (χ4n) is 4.61. The number of aromatic nitrogens is 2. The summed E-state index contributed by atoms with van der Waals surface area (Å²) in [5.41, 5.74) is 7.10. The highest BCUT2D eigenvalue weighted by molar-refractivity contribution is 6.08. The Morgan fingerprint density at radius 3 is 2.50 bits per heavy atom. The van der Waals surface area contributed by atoms with Crippen molar-refractivity contribution in [3.8, 4) is 0 Å². The molecule has 164 valence electrons. The average molecular weight is 428 g/mol. The zero-order valence-corrected chi connectivity index (χ0v) is 19.2. The van der Waals surface area contributed by atoms with Gasteiger partial charge in [0.1, 0.15) is 0 Å². The molecule has 0 saturated carbocycles. The van der Waals surface area contributed by atoms with Crippen LogP contribution in [0, 0.1) is 27.7 Å². The molecule has 0 radical (unpaired) electrons. The van der Waals surface area contributed by atoms with Crippen LogP contribution in [0.3, 0.4) is 0 Å². The molecule has 2 aromatic heterocycles. The lowest BCUT2D eigenvalue weighted by Crippen LogP contribution is -2.28. The lowest BCUT2D eigenvalue weighted by molar-refractivity contribution is 0.0951. The van der Waals surface area contributed by atoms with Crippen molar-refractivity contribution in [1.82, 2.24) is 14.9 Å². The van der Waals surface area contributed by atoms with E-state index in [-0.39, 0.29) is 24.1 Å². The number of rotatable bonds is 5. The molecule has 5 nitrogen and oxygen atoms in total. The first-order chi connectivity index (χ1) is 15.3. The summed E-state index contributed by atoms with van der Waals surface area (Å²) in [6, 6.07) is 18.5. The Hall–Kier alpha value is -3.60. The first-order valence-electron chi connectivity index (χ1n) is 10.9. The van der Waals surface area contributed by atoms with Gasteiger partial charge in [0.15, 0.2) is 0 Å². The van der Waals surface area contributed by atoms with Crippen molar-refractivity contribution in [2.24, 2.45) is 0 Å². The number of nitrogens with one attached hydrogen (secondary N) is 2. The Bertz CT molecular complexity index is 1380. The number of para-hydroxylation sites is 1. The van der Waals surface area contributed by atoms with Crippen LogP contribution in [0.5, 0.6) is 0 Å². The van der Waals surface area contributed by atoms with Crippen molar-refractivity contribution >= 4 is 16.8 Å². The van der Waals surface area contributed by atoms with E-state index in [0.717, 1.165) is 27.9 Å². The maximum Gasteiger partial charge on any atom is 0.254 e. The molecule has 0 aliphatic rings. The van der Waals surface area contributed by atoms with E-state index < -0.39 is 0 Å². The van der Waals surface area contributed by atoms with E-state index in [0.29, 0.717) is 11.1 Å². The van der Waals surface area contributed by atoms with E-state index in [1.165, 1.54) is 11.1 Å². The van der Waals surface area contributed by atoms with Crippen molar-refractivity contribution < 1.29 is 4.79 Å². The molecule has 32 heavy (non-hydrogen) atoms. The predicted octanol–water partition coefficient (Wildman–Crippen LogP) is 5.10. The topological polar surface area (TPSA) is 66.9 Å². The lowest BCUT2D eigenvalue weighted by Gasteiger charge is -2.19. The first kappa shape index (κ1) is 21.6. The third-order valence-electron chi connectivity index (χ3n) is 6.21. The van der Waals surface area contributed by atoms with Crippen LogP contribution in [0.25, 0.3) is 10.9 Å². The Labute approximate surface area is 188 Å². The van der Waals surface area contributed by atoms with Crippen molar-refractivity contribution in [2.75, 3.05) is 0 Å². The van der Waals surface area contributed by atoms with E-state index in [4.69, 9.17) is 0 Å². The SMILES string of the molecule is Cc1cccc(C(C)n2c(C)c(C(=O)NCc3c(C)cc(C)[nH]c3=O)c3ccccc32)c1. The second kappa shape index (κ2) is 8.50. The van der Waals surface area contributed by atoms with Gasteiger partial charge in [-0.2, -0.15) is 0 Å². The summed E-state index contributed by atoms with van der Waals surface area (Å²) < 4.78 is 2.23. The quantitative estimate of drug-likeness (QED) is 0.465. The number of hydrogen-bond donors (Lipinski definition) is 2. The molecule has 0 aliphatic heterocycles. The van der Waals surface area contributed by atoms with Crippen LogP contribution < -0.4 is 10.9 Å². The highest BCUT2D eigenvalue weighted by Crippen LogP contribution is 2.32. The Balaban J connectivity index is 1.73. The van der Waals surface area contributed by atoms with E-state index in [9.17, 15) is 9.59 Å². The molecule has 5 heteroatoms. The van der Waals surface area contributed by atoms with Gasteiger partial charge in [-0.15, -0.1) is 0 Å². The Kier molecular flexibility index (Phi) is 5.74. The Morgan fingerprint density at radius 1 is 1.03 bits per heavy atom. The van der Waals surface area contributed by atoms with Gasteiger partial charge in [0.2, 0.25) is 0 Å². The summed E-state index contributed by atoms with van der Waals surface area (Å²) in [5.74, 6) is -0.173. The van der Waals surface area contributed by atoms with Gasteiger partial charge in [0.25, 0.3) is 11.5 Å². The van der Waals surface area contributed by atoms with Gasteiger partial charge in [-0.1, -0.05) is 48.0 Å². The van der Waals surface area contributed by atoms with Gasteiger partial charge in [-0.05, 0) is 57.9 Å². The van der Waals surface area contributed by atoms with Gasteiger partial charge >= 0.3 is 0 Å². The van der Waals surface area contributed by atoms with Crippen LogP contribution in [-0.2, 0) is 6.54 Å². The second-order valence-electron chi connectivity index (χ2n) is 8.56. The van der Waals surface area contributed by atoms with Crippen LogP contribution in [0.4, 0.5) is 0 Å². The smallest absolute Gasteiger partial charge is 0.254 e. The molecule has 1 amide bonds. The molecule has 0 fully saturated rings. The second-order valence-corrected chi connectivity index (χ2v) is 8.56. The van der Waals surface area contributed by atoms with Crippen LogP contribution in [0.2, 0.25) is 0 Å². The molecule has 1 unspecified atom stereocenters. The summed E-state index contributed by atoms with van der Waals surface area (Å²) >= 11 is 0. The largest absolute Gasteiger partial charge is 0.348 e. The molecule has 0 saturated heterocycles. The van der Waals surface area contributed by atoms with E-state index in [1.54, 1.807) is 0 Å². The number of aromatic amines is 1. The van der Waals surface area contributed by atoms with Crippen molar-refractivity contribution in [3.05, 3.63) is 104 Å². The lowest BCUT2D eigenvalue weighted by atomic mass is 10.1. The van der Waals surface area contributed by atoms with Gasteiger partial charge in [0, 0.05) is 34.4 Å². The minimum absolute atomic E-state index is 0.0727. The van der Waals surface area contributed by atoms with Gasteiger partial charge < -0.3 is 14.9 Å². The zero-order valence-electron chi connectivity index (χ0n) is 19.2. The van der Waals surface area contributed by atoms with Crippen LogP contribution in [-0.4, -0.2) is 15.5 Å². The summed E-state index contributed by atoms with van der Waals surface area (Å²) in [5, 5.41) is 3.89. The van der Waals surface area contributed by atoms with E-state index >= 15 is 0 Å². The van der Waals surface area contributed by atoms with Crippen LogP contribution in [0.1, 0.15) is 57.0 Å². The number of H-pyrrole nitrogens is 1. The summed E-state index contributed by atoms with van der Waals surface area (Å²) in [6.07, 6.45) is 0. The highest BCUT2D eigenvalue weighted by Gasteiger charge is 2.23. The number of carbonyl (C=O) groups excluding carboxylic acids is 1. The number of pyridine rings is 1. The third-order valence-corrected chi connectivity index (χ3v) is 6.21. The normalized spacial score (nSPS) is 12.2. The van der Waals surface area contributed by atoms with Crippen molar-refractivity contribution in [3.63, 3.8) is 0 Å². The third kappa shape index (κ3) is 3.86. The van der Waals surface area contributed by atoms with Gasteiger partial charge in [-0.3, -0.25) is 9.59 Å². The maximum absolute atomic E-state index is 13.3. The minimum atomic E-state index is -0.173. The standard InChI is InChI=1S/C27H29N3O2/c1-16-9-8-10-21(13-16)19(4)30-20(5)25(22-11-6-7-12-24(22)30)27(32)28-15-23-17(2)14-18(3)29-26(23)31/h6-14,19H,15H2,1-5H3,(H,28,32)(H,29,31). The Morgan fingerprint density at radius 2 is 1.78 bits per heavy atom. The maximum atomic E-state index is 13.3. The summed E-state index contributed by atoms with van der Waals surface area (Å²) in [7, 11) is 0. The molecule has 0 spiro atoms. The average Bonchev–Trinajstić information content (AvgIpc) is 3.04. The fraction of sp³-hybridized carbons (Fsp3) is 0.259. The minimum Gasteiger partial charge on any atom is -0.348 e. The zero-order chi connectivity index (χ0) is 23.0. The van der Waals surface area contributed by atoms with Gasteiger partial charge in [-0.25, -0.2) is 0 Å². The molecule has 0 bridgehead atoms. The molecule has 2 N–H and O–H groups in total. The summed E-state index contributed by atoms with van der Waals surface area (Å²) in [6.45, 7) is 10.2. The number of nitrogens with zero attached hydrogens (tertiary/aromatic N) is 1. The number of fused-ring (bicyclic) bond motifs is 1. The molecule has 1 atom stereocenters. The summed E-state index contributed by atoms with van der Waals surface area (Å²) in [4.78, 5) is 28.5. The predicted molar refractivity (Wildman–Crippen MR) is 129 cm³/mol.